The smallest absolute Gasteiger partial charge is 0.191 e. The summed E-state index contributed by atoms with van der Waals surface area (Å²) in [6.07, 6.45) is 0.852. The Morgan fingerprint density at radius 1 is 1.28 bits per heavy atom. The number of rotatable bonds is 8. The van der Waals surface area contributed by atoms with Gasteiger partial charge in [0.15, 0.2) is 5.96 Å². The summed E-state index contributed by atoms with van der Waals surface area (Å²) < 4.78 is 12.9. The van der Waals surface area contributed by atoms with Crippen LogP contribution in [0.5, 0.6) is 0 Å². The summed E-state index contributed by atoms with van der Waals surface area (Å²) >= 11 is 3.36. The van der Waals surface area contributed by atoms with Gasteiger partial charge in [-0.1, -0.05) is 0 Å². The number of hydrogen-bond donors (Lipinski definition) is 2. The maximum atomic E-state index is 12.9. The van der Waals surface area contributed by atoms with Crippen LogP contribution in [0.4, 0.5) is 4.39 Å². The topological polar surface area (TPSA) is 49.3 Å². The Kier molecular flexibility index (Phi) is 11.1. The molecule has 8 heteroatoms. The Labute approximate surface area is 174 Å². The molecule has 0 amide bonds. The van der Waals surface area contributed by atoms with Crippen LogP contribution in [0.15, 0.2) is 39.5 Å². The van der Waals surface area contributed by atoms with E-state index >= 15 is 0 Å². The monoisotopic (exact) mass is 494 g/mol. The molecule has 2 N–H and O–H groups in total. The van der Waals surface area contributed by atoms with Crippen molar-refractivity contribution in [1.82, 2.24) is 15.6 Å². The summed E-state index contributed by atoms with van der Waals surface area (Å²) in [5.74, 6) is 1.51. The minimum absolute atomic E-state index is 0. The molecule has 0 saturated carbocycles. The van der Waals surface area contributed by atoms with E-state index in [1.165, 1.54) is 12.1 Å². The third kappa shape index (κ3) is 8.87. The minimum Gasteiger partial charge on any atom is -0.357 e. The summed E-state index contributed by atoms with van der Waals surface area (Å²) in [7, 11) is 0. The lowest BCUT2D eigenvalue weighted by molar-refractivity contribution is 0.626. The highest BCUT2D eigenvalue weighted by Gasteiger charge is 2.00. The van der Waals surface area contributed by atoms with Crippen LogP contribution in [0, 0.1) is 12.7 Å². The van der Waals surface area contributed by atoms with Gasteiger partial charge in [-0.3, -0.25) is 4.99 Å². The molecule has 1 aromatic heterocycles. The Morgan fingerprint density at radius 3 is 2.68 bits per heavy atom. The van der Waals surface area contributed by atoms with Crippen molar-refractivity contribution in [3.05, 3.63) is 46.2 Å². The van der Waals surface area contributed by atoms with E-state index in [0.717, 1.165) is 46.8 Å². The van der Waals surface area contributed by atoms with Crippen molar-refractivity contribution in [1.29, 1.82) is 0 Å². The van der Waals surface area contributed by atoms with Gasteiger partial charge in [0, 0.05) is 42.1 Å². The third-order valence-corrected chi connectivity index (χ3v) is 4.96. The summed E-state index contributed by atoms with van der Waals surface area (Å²) in [6, 6.07) is 6.58. The van der Waals surface area contributed by atoms with Crippen molar-refractivity contribution in [2.24, 2.45) is 4.99 Å². The molecule has 0 fully saturated rings. The second kappa shape index (κ2) is 12.5. The molecule has 0 aliphatic rings. The van der Waals surface area contributed by atoms with E-state index in [1.807, 2.05) is 13.8 Å². The van der Waals surface area contributed by atoms with E-state index in [-0.39, 0.29) is 29.8 Å². The van der Waals surface area contributed by atoms with Crippen molar-refractivity contribution in [2.75, 3.05) is 25.4 Å². The number of guanidine groups is 1. The van der Waals surface area contributed by atoms with Crippen LogP contribution in [0.3, 0.4) is 0 Å². The van der Waals surface area contributed by atoms with Gasteiger partial charge >= 0.3 is 0 Å². The maximum absolute atomic E-state index is 12.9. The molecule has 0 aliphatic heterocycles. The predicted molar refractivity (Wildman–Crippen MR) is 117 cm³/mol. The van der Waals surface area contributed by atoms with Crippen LogP contribution in [0.2, 0.25) is 0 Å². The zero-order valence-corrected chi connectivity index (χ0v) is 18.4. The first-order valence-electron chi connectivity index (χ1n) is 7.99. The second-order valence-electron chi connectivity index (χ2n) is 5.10. The first kappa shape index (κ1) is 22.2. The van der Waals surface area contributed by atoms with Crippen LogP contribution >= 0.6 is 47.1 Å². The van der Waals surface area contributed by atoms with E-state index < -0.39 is 0 Å². The summed E-state index contributed by atoms with van der Waals surface area (Å²) in [5, 5.41) is 9.74. The van der Waals surface area contributed by atoms with Gasteiger partial charge in [-0.05, 0) is 38.1 Å². The molecule has 2 rings (SSSR count). The molecule has 0 unspecified atom stereocenters. The number of aliphatic imine (C=N–C) groups is 1. The van der Waals surface area contributed by atoms with Crippen molar-refractivity contribution < 1.29 is 4.39 Å². The molecule has 1 aromatic carbocycles. The highest BCUT2D eigenvalue weighted by molar-refractivity contribution is 14.0. The molecule has 0 saturated heterocycles. The quantitative estimate of drug-likeness (QED) is 0.191. The molecular weight excluding hydrogens is 470 g/mol. The standard InChI is InChI=1S/C17H23FN4S2.HI/c1-3-19-17(20-9-8-15-12-24-13(2)22-15)21-10-11-23-16-6-4-14(18)5-7-16;/h4-7,12H,3,8-11H2,1-2H3,(H2,19,20,21);1H. The second-order valence-corrected chi connectivity index (χ2v) is 7.33. The zero-order chi connectivity index (χ0) is 17.2. The number of thioether (sulfide) groups is 1. The molecule has 0 spiro atoms. The lowest BCUT2D eigenvalue weighted by atomic mass is 10.3. The molecule has 138 valence electrons. The average Bonchev–Trinajstić information content (AvgIpc) is 2.98. The van der Waals surface area contributed by atoms with E-state index in [0.29, 0.717) is 6.54 Å². The fourth-order valence-corrected chi connectivity index (χ4v) is 3.43. The van der Waals surface area contributed by atoms with E-state index in [1.54, 1.807) is 35.2 Å². The van der Waals surface area contributed by atoms with Gasteiger partial charge in [-0.25, -0.2) is 9.37 Å². The number of aromatic nitrogens is 1. The number of benzene rings is 1. The lowest BCUT2D eigenvalue weighted by Crippen LogP contribution is -2.38. The lowest BCUT2D eigenvalue weighted by Gasteiger charge is -2.11. The van der Waals surface area contributed by atoms with Gasteiger partial charge in [0.25, 0.3) is 0 Å². The highest BCUT2D eigenvalue weighted by atomic mass is 127. The number of thiazole rings is 1. The van der Waals surface area contributed by atoms with E-state index in [4.69, 9.17) is 0 Å². The predicted octanol–water partition coefficient (Wildman–Crippen LogP) is 4.10. The molecule has 2 aromatic rings. The van der Waals surface area contributed by atoms with E-state index in [2.05, 4.69) is 26.0 Å². The zero-order valence-electron chi connectivity index (χ0n) is 14.4. The summed E-state index contributed by atoms with van der Waals surface area (Å²) in [6.45, 7) is 6.40. The number of nitrogens with zero attached hydrogens (tertiary/aromatic N) is 2. The number of hydrogen-bond acceptors (Lipinski definition) is 4. The van der Waals surface area contributed by atoms with Crippen molar-refractivity contribution >= 4 is 53.0 Å². The van der Waals surface area contributed by atoms with Gasteiger partial charge < -0.3 is 10.6 Å². The molecule has 0 atom stereocenters. The van der Waals surface area contributed by atoms with Gasteiger partial charge in [-0.2, -0.15) is 0 Å². The first-order chi connectivity index (χ1) is 11.7. The molecule has 1 heterocycles. The minimum atomic E-state index is -0.200. The molecule has 0 bridgehead atoms. The van der Waals surface area contributed by atoms with Crippen LogP contribution < -0.4 is 10.6 Å². The fraction of sp³-hybridized carbons (Fsp3) is 0.412. The van der Waals surface area contributed by atoms with Crippen molar-refractivity contribution in [3.63, 3.8) is 0 Å². The first-order valence-corrected chi connectivity index (χ1v) is 9.85. The molecular formula is C17H24FIN4S2. The normalized spacial score (nSPS) is 11.1. The number of nitrogens with one attached hydrogen (secondary N) is 2. The van der Waals surface area contributed by atoms with Crippen LogP contribution in [-0.2, 0) is 6.42 Å². The SMILES string of the molecule is CCNC(=NCCc1csc(C)n1)NCCSc1ccc(F)cc1.I. The van der Waals surface area contributed by atoms with E-state index in [9.17, 15) is 4.39 Å². The number of aryl methyl sites for hydroxylation is 1. The van der Waals surface area contributed by atoms with Crippen molar-refractivity contribution in [3.8, 4) is 0 Å². The maximum Gasteiger partial charge on any atom is 0.191 e. The van der Waals surface area contributed by atoms with Gasteiger partial charge in [0.05, 0.1) is 10.7 Å². The van der Waals surface area contributed by atoms with Gasteiger partial charge in [0.1, 0.15) is 5.82 Å². The number of halogens is 2. The highest BCUT2D eigenvalue weighted by Crippen LogP contribution is 2.17. The largest absolute Gasteiger partial charge is 0.357 e. The molecule has 4 nitrogen and oxygen atoms in total. The summed E-state index contributed by atoms with van der Waals surface area (Å²) in [5.41, 5.74) is 1.10. The third-order valence-electron chi connectivity index (χ3n) is 3.13. The summed E-state index contributed by atoms with van der Waals surface area (Å²) in [4.78, 5) is 10.1. The van der Waals surface area contributed by atoms with Gasteiger partial charge in [0.2, 0.25) is 0 Å². The van der Waals surface area contributed by atoms with Crippen LogP contribution in [-0.4, -0.2) is 36.3 Å². The Bertz CT molecular complexity index is 646. The Balaban J connectivity index is 0.00000312. The van der Waals surface area contributed by atoms with Crippen LogP contribution in [0.25, 0.3) is 0 Å². The average molecular weight is 494 g/mol. The van der Waals surface area contributed by atoms with Crippen LogP contribution in [0.1, 0.15) is 17.6 Å². The van der Waals surface area contributed by atoms with Crippen molar-refractivity contribution in [2.45, 2.75) is 25.2 Å². The fourth-order valence-electron chi connectivity index (χ4n) is 2.02. The Morgan fingerprint density at radius 2 is 2.04 bits per heavy atom. The van der Waals surface area contributed by atoms with Gasteiger partial charge in [-0.15, -0.1) is 47.1 Å². The molecule has 0 aliphatic carbocycles. The molecule has 25 heavy (non-hydrogen) atoms. The Hall–Kier alpha value is -0.870. The molecule has 0 radical (unpaired) electrons.